The number of nitrogens with zero attached hydrogens (tertiary/aromatic N) is 3. The van der Waals surface area contributed by atoms with E-state index in [0.29, 0.717) is 11.5 Å². The molecule has 5 nitrogen and oxygen atoms in total. The van der Waals surface area contributed by atoms with E-state index in [9.17, 15) is 9.18 Å². The number of nitrogens with one attached hydrogen (secondary N) is 1. The summed E-state index contributed by atoms with van der Waals surface area (Å²) in [6.07, 6.45) is 4.91. The van der Waals surface area contributed by atoms with E-state index in [-0.39, 0.29) is 17.6 Å². The molecule has 0 radical (unpaired) electrons. The molecule has 0 bridgehead atoms. The zero-order chi connectivity index (χ0) is 17.9. The van der Waals surface area contributed by atoms with Crippen molar-refractivity contribution in [3.8, 4) is 0 Å². The van der Waals surface area contributed by atoms with Gasteiger partial charge in [0.25, 0.3) is 0 Å². The lowest BCUT2D eigenvalue weighted by atomic mass is 9.85. The fraction of sp³-hybridized carbons (Fsp3) is 0.400. The zero-order valence-electron chi connectivity index (χ0n) is 14.7. The summed E-state index contributed by atoms with van der Waals surface area (Å²) < 4.78 is 13.9. The number of benzene rings is 1. The minimum atomic E-state index is -0.172. The Morgan fingerprint density at radius 3 is 2.38 bits per heavy atom. The molecule has 26 heavy (non-hydrogen) atoms. The standard InChI is InChI=1S/C20H23FN4O/c21-17-6-1-2-7-18(17)25-12-10-24(11-13-25)16-8-9-19(22-14-16)23-20(26)15-4-3-5-15/h1-2,6-9,14-15H,3-5,10-13H2,(H,22,23,26). The Hall–Kier alpha value is -2.63. The number of halogens is 1. The molecule has 1 aromatic carbocycles. The van der Waals surface area contributed by atoms with Crippen molar-refractivity contribution in [3.05, 3.63) is 48.4 Å². The number of aromatic nitrogens is 1. The SMILES string of the molecule is O=C(Nc1ccc(N2CCN(c3ccccc3F)CC2)cn1)C1CCC1. The zero-order valence-corrected chi connectivity index (χ0v) is 14.7. The minimum absolute atomic E-state index is 0.0787. The molecule has 6 heteroatoms. The van der Waals surface area contributed by atoms with E-state index in [1.807, 2.05) is 24.3 Å². The van der Waals surface area contributed by atoms with Gasteiger partial charge < -0.3 is 15.1 Å². The van der Waals surface area contributed by atoms with E-state index in [2.05, 4.69) is 20.1 Å². The van der Waals surface area contributed by atoms with Gasteiger partial charge >= 0.3 is 0 Å². The maximum absolute atomic E-state index is 13.9. The first kappa shape index (κ1) is 16.8. The molecule has 1 saturated carbocycles. The summed E-state index contributed by atoms with van der Waals surface area (Å²) >= 11 is 0. The predicted octanol–water partition coefficient (Wildman–Crippen LogP) is 3.29. The molecule has 136 valence electrons. The second-order valence-electron chi connectivity index (χ2n) is 6.94. The van der Waals surface area contributed by atoms with Crippen LogP contribution in [0.4, 0.5) is 21.6 Å². The summed E-state index contributed by atoms with van der Waals surface area (Å²) in [5.41, 5.74) is 1.69. The molecule has 2 aromatic rings. The highest BCUT2D eigenvalue weighted by atomic mass is 19.1. The van der Waals surface area contributed by atoms with Crippen molar-refractivity contribution in [1.29, 1.82) is 0 Å². The summed E-state index contributed by atoms with van der Waals surface area (Å²) in [7, 11) is 0. The number of hydrogen-bond acceptors (Lipinski definition) is 4. The maximum atomic E-state index is 13.9. The van der Waals surface area contributed by atoms with E-state index < -0.39 is 0 Å². The third-order valence-corrected chi connectivity index (χ3v) is 5.31. The van der Waals surface area contributed by atoms with Gasteiger partial charge in [-0.25, -0.2) is 9.37 Å². The lowest BCUT2D eigenvalue weighted by Crippen LogP contribution is -2.46. The predicted molar refractivity (Wildman–Crippen MR) is 101 cm³/mol. The fourth-order valence-electron chi connectivity index (χ4n) is 3.46. The van der Waals surface area contributed by atoms with Crippen molar-refractivity contribution in [2.24, 2.45) is 5.92 Å². The Morgan fingerprint density at radius 2 is 1.77 bits per heavy atom. The Bertz CT molecular complexity index is 768. The van der Waals surface area contributed by atoms with Gasteiger partial charge in [0.15, 0.2) is 0 Å². The van der Waals surface area contributed by atoms with Crippen LogP contribution in [0.2, 0.25) is 0 Å². The van der Waals surface area contributed by atoms with Gasteiger partial charge in [-0.2, -0.15) is 0 Å². The third kappa shape index (κ3) is 3.49. The summed E-state index contributed by atoms with van der Waals surface area (Å²) in [4.78, 5) is 20.7. The van der Waals surface area contributed by atoms with E-state index in [4.69, 9.17) is 0 Å². The highest BCUT2D eigenvalue weighted by Crippen LogP contribution is 2.28. The highest BCUT2D eigenvalue weighted by molar-refractivity contribution is 5.92. The first-order valence-corrected chi connectivity index (χ1v) is 9.22. The molecule has 0 unspecified atom stereocenters. The number of carbonyl (C=O) groups is 1. The Labute approximate surface area is 152 Å². The van der Waals surface area contributed by atoms with Gasteiger partial charge in [-0.05, 0) is 37.1 Å². The Morgan fingerprint density at radius 1 is 1.04 bits per heavy atom. The van der Waals surface area contributed by atoms with Crippen LogP contribution in [0.3, 0.4) is 0 Å². The Balaban J connectivity index is 1.34. The van der Waals surface area contributed by atoms with Crippen LogP contribution in [0.25, 0.3) is 0 Å². The van der Waals surface area contributed by atoms with E-state index in [0.717, 1.165) is 51.1 Å². The molecule has 1 aromatic heterocycles. The van der Waals surface area contributed by atoms with Crippen LogP contribution in [-0.2, 0) is 4.79 Å². The lowest BCUT2D eigenvalue weighted by molar-refractivity contribution is -0.122. The summed E-state index contributed by atoms with van der Waals surface area (Å²) in [6.45, 7) is 3.15. The number of para-hydroxylation sites is 1. The second kappa shape index (κ2) is 7.32. The number of rotatable bonds is 4. The average molecular weight is 354 g/mol. The van der Waals surface area contributed by atoms with Crippen LogP contribution in [0, 0.1) is 11.7 Å². The van der Waals surface area contributed by atoms with Crippen molar-refractivity contribution < 1.29 is 9.18 Å². The van der Waals surface area contributed by atoms with Gasteiger partial charge in [-0.1, -0.05) is 18.6 Å². The highest BCUT2D eigenvalue weighted by Gasteiger charge is 2.25. The molecule has 1 amide bonds. The van der Waals surface area contributed by atoms with Crippen molar-refractivity contribution in [2.45, 2.75) is 19.3 Å². The topological polar surface area (TPSA) is 48.5 Å². The fourth-order valence-corrected chi connectivity index (χ4v) is 3.46. The molecule has 2 fully saturated rings. The van der Waals surface area contributed by atoms with Crippen LogP contribution in [0.1, 0.15) is 19.3 Å². The Kier molecular flexibility index (Phi) is 4.73. The van der Waals surface area contributed by atoms with Gasteiger partial charge in [-0.15, -0.1) is 0 Å². The van der Waals surface area contributed by atoms with Crippen molar-refractivity contribution in [1.82, 2.24) is 4.98 Å². The first-order valence-electron chi connectivity index (χ1n) is 9.22. The molecule has 1 aliphatic carbocycles. The molecule has 1 aliphatic heterocycles. The van der Waals surface area contributed by atoms with Gasteiger partial charge in [0, 0.05) is 32.1 Å². The van der Waals surface area contributed by atoms with Crippen molar-refractivity contribution in [3.63, 3.8) is 0 Å². The minimum Gasteiger partial charge on any atom is -0.367 e. The largest absolute Gasteiger partial charge is 0.367 e. The van der Waals surface area contributed by atoms with E-state index in [1.165, 1.54) is 6.07 Å². The number of hydrogen-bond donors (Lipinski definition) is 1. The molecule has 4 rings (SSSR count). The van der Waals surface area contributed by atoms with E-state index >= 15 is 0 Å². The molecule has 1 saturated heterocycles. The normalized spacial score (nSPS) is 17.7. The summed E-state index contributed by atoms with van der Waals surface area (Å²) in [5.74, 6) is 0.669. The van der Waals surface area contributed by atoms with Crippen molar-refractivity contribution in [2.75, 3.05) is 41.3 Å². The monoisotopic (exact) mass is 354 g/mol. The molecular formula is C20H23FN4O. The number of pyridine rings is 1. The maximum Gasteiger partial charge on any atom is 0.228 e. The lowest BCUT2D eigenvalue weighted by Gasteiger charge is -2.37. The van der Waals surface area contributed by atoms with Gasteiger partial charge in [0.2, 0.25) is 5.91 Å². The molecule has 2 aliphatic rings. The van der Waals surface area contributed by atoms with Crippen molar-refractivity contribution >= 4 is 23.1 Å². The van der Waals surface area contributed by atoms with Crippen LogP contribution < -0.4 is 15.1 Å². The number of anilines is 3. The molecule has 2 heterocycles. The number of carbonyl (C=O) groups excluding carboxylic acids is 1. The number of amides is 1. The van der Waals surface area contributed by atoms with Crippen LogP contribution >= 0.6 is 0 Å². The van der Waals surface area contributed by atoms with E-state index in [1.54, 1.807) is 12.3 Å². The summed E-state index contributed by atoms with van der Waals surface area (Å²) in [5, 5.41) is 2.89. The molecule has 1 N–H and O–H groups in total. The van der Waals surface area contributed by atoms with Crippen LogP contribution in [-0.4, -0.2) is 37.1 Å². The first-order chi connectivity index (χ1) is 12.7. The number of piperazine rings is 1. The third-order valence-electron chi connectivity index (χ3n) is 5.31. The smallest absolute Gasteiger partial charge is 0.228 e. The average Bonchev–Trinajstić information content (AvgIpc) is 2.61. The molecular weight excluding hydrogens is 331 g/mol. The quantitative estimate of drug-likeness (QED) is 0.915. The second-order valence-corrected chi connectivity index (χ2v) is 6.94. The van der Waals surface area contributed by atoms with Gasteiger partial charge in [0.1, 0.15) is 11.6 Å². The van der Waals surface area contributed by atoms with Gasteiger partial charge in [0.05, 0.1) is 17.6 Å². The van der Waals surface area contributed by atoms with Crippen LogP contribution in [0.15, 0.2) is 42.6 Å². The van der Waals surface area contributed by atoms with Gasteiger partial charge in [-0.3, -0.25) is 4.79 Å². The molecule has 0 atom stereocenters. The summed E-state index contributed by atoms with van der Waals surface area (Å²) in [6, 6.07) is 10.8. The molecule has 0 spiro atoms. The van der Waals surface area contributed by atoms with Crippen LogP contribution in [0.5, 0.6) is 0 Å².